The highest BCUT2D eigenvalue weighted by molar-refractivity contribution is 6.80. The van der Waals surface area contributed by atoms with E-state index >= 15 is 0 Å². The van der Waals surface area contributed by atoms with Crippen molar-refractivity contribution in [3.8, 4) is 0 Å². The van der Waals surface area contributed by atoms with Gasteiger partial charge in [-0.3, -0.25) is 0 Å². The van der Waals surface area contributed by atoms with E-state index in [1.165, 1.54) is 24.9 Å². The van der Waals surface area contributed by atoms with E-state index in [1.54, 1.807) is 0 Å². The van der Waals surface area contributed by atoms with Gasteiger partial charge in [-0.25, -0.2) is 0 Å². The van der Waals surface area contributed by atoms with E-state index in [1.807, 2.05) is 0 Å². The van der Waals surface area contributed by atoms with E-state index in [9.17, 15) is 0 Å². The Morgan fingerprint density at radius 2 is 1.13 bits per heavy atom. The number of hydrogen-bond acceptors (Lipinski definition) is 4. The summed E-state index contributed by atoms with van der Waals surface area (Å²) in [6, 6.07) is 2.46. The van der Waals surface area contributed by atoms with Gasteiger partial charge >= 0.3 is 0 Å². The lowest BCUT2D eigenvalue weighted by molar-refractivity contribution is 0.328. The van der Waals surface area contributed by atoms with Crippen LogP contribution in [0.3, 0.4) is 0 Å². The molecule has 0 amide bonds. The van der Waals surface area contributed by atoms with Gasteiger partial charge in [-0.15, -0.1) is 0 Å². The summed E-state index contributed by atoms with van der Waals surface area (Å²) in [5.74, 6) is 0.773. The van der Waals surface area contributed by atoms with E-state index in [-0.39, 0.29) is 5.54 Å². The molecule has 31 heavy (non-hydrogen) atoms. The van der Waals surface area contributed by atoms with E-state index in [4.69, 9.17) is 8.85 Å². The molecular formula is C23H56N2O2Si4. The Balaban J connectivity index is 2.99. The Morgan fingerprint density at radius 1 is 0.742 bits per heavy atom. The Morgan fingerprint density at radius 3 is 1.48 bits per heavy atom. The van der Waals surface area contributed by atoms with Gasteiger partial charge in [-0.1, -0.05) is 32.9 Å². The highest BCUT2D eigenvalue weighted by Gasteiger charge is 2.52. The van der Waals surface area contributed by atoms with Crippen molar-refractivity contribution in [3.05, 3.63) is 0 Å². The lowest BCUT2D eigenvalue weighted by atomic mass is 10.1. The van der Waals surface area contributed by atoms with Crippen molar-refractivity contribution in [1.29, 1.82) is 0 Å². The van der Waals surface area contributed by atoms with Gasteiger partial charge in [-0.2, -0.15) is 0 Å². The molecule has 1 aliphatic rings. The smallest absolute Gasteiger partial charge is 0.183 e. The molecule has 0 saturated heterocycles. The molecule has 1 fully saturated rings. The molecule has 8 heteroatoms. The summed E-state index contributed by atoms with van der Waals surface area (Å²) in [6.45, 7) is 30.5. The van der Waals surface area contributed by atoms with Crippen LogP contribution in [0.2, 0.25) is 75.5 Å². The zero-order valence-electron chi connectivity index (χ0n) is 23.3. The average molecular weight is 505 g/mol. The Labute approximate surface area is 199 Å². The first kappa shape index (κ1) is 29.7. The molecule has 0 aromatic rings. The Kier molecular flexibility index (Phi) is 10.5. The van der Waals surface area contributed by atoms with E-state index < -0.39 is 33.1 Å². The fourth-order valence-electron chi connectivity index (χ4n) is 5.79. The first-order chi connectivity index (χ1) is 13.8. The van der Waals surface area contributed by atoms with Crippen LogP contribution < -0.4 is 9.96 Å². The summed E-state index contributed by atoms with van der Waals surface area (Å²) in [5.41, 5.74) is 1.81. The molecule has 5 atom stereocenters. The first-order valence-electron chi connectivity index (χ1n) is 12.6. The minimum Gasteiger partial charge on any atom is -0.418 e. The molecule has 186 valence electrons. The standard InChI is InChI=1S/C23H56N2O2Si4/c1-20-21(30(12,24-5)18-16-26-28(6,7)8)14-15-22(20)31(13,25-23(2,3)4)19-17-27-29(9,10)11/h20-22,24-25H,14-19H2,1-13H3. The first-order valence-corrected chi connectivity index (χ1v) is 25.0. The third kappa shape index (κ3) is 9.84. The monoisotopic (exact) mass is 504 g/mol. The van der Waals surface area contributed by atoms with E-state index in [2.05, 4.69) is 97.1 Å². The molecule has 0 bridgehead atoms. The van der Waals surface area contributed by atoms with Gasteiger partial charge in [0.15, 0.2) is 16.6 Å². The van der Waals surface area contributed by atoms with Crippen LogP contribution >= 0.6 is 0 Å². The summed E-state index contributed by atoms with van der Waals surface area (Å²) in [4.78, 5) is 8.07. The average Bonchev–Trinajstić information content (AvgIpc) is 2.93. The molecule has 1 rings (SSSR count). The van der Waals surface area contributed by atoms with Crippen molar-refractivity contribution >= 4 is 33.1 Å². The molecule has 1 saturated carbocycles. The van der Waals surface area contributed by atoms with Crippen molar-refractivity contribution in [3.63, 3.8) is 0 Å². The maximum absolute atomic E-state index is 6.35. The molecule has 5 unspecified atom stereocenters. The van der Waals surface area contributed by atoms with E-state index in [0.29, 0.717) is 0 Å². The Hall–Kier alpha value is 0.708. The third-order valence-corrected chi connectivity index (χ3v) is 19.2. The molecule has 1 aliphatic carbocycles. The van der Waals surface area contributed by atoms with Gasteiger partial charge in [0.25, 0.3) is 0 Å². The highest BCUT2D eigenvalue weighted by atomic mass is 28.4. The van der Waals surface area contributed by atoms with Gasteiger partial charge in [0.1, 0.15) is 16.5 Å². The largest absolute Gasteiger partial charge is 0.418 e. The molecule has 0 aromatic carbocycles. The minimum absolute atomic E-state index is 0.160. The molecule has 0 heterocycles. The van der Waals surface area contributed by atoms with Crippen molar-refractivity contribution < 1.29 is 8.85 Å². The second-order valence-electron chi connectivity index (χ2n) is 13.5. The lowest BCUT2D eigenvalue weighted by Crippen LogP contribution is -2.61. The summed E-state index contributed by atoms with van der Waals surface area (Å²) in [7, 11) is -3.97. The fourth-order valence-corrected chi connectivity index (χ4v) is 16.7. The normalized spacial score (nSPS) is 27.2. The maximum atomic E-state index is 6.35. The van der Waals surface area contributed by atoms with Crippen LogP contribution in [-0.2, 0) is 8.85 Å². The molecular weight excluding hydrogens is 449 g/mol. The number of hydrogen-bond donors (Lipinski definition) is 2. The van der Waals surface area contributed by atoms with Gasteiger partial charge in [0, 0.05) is 18.8 Å². The topological polar surface area (TPSA) is 42.5 Å². The second-order valence-corrected chi connectivity index (χ2v) is 31.5. The molecule has 0 aliphatic heterocycles. The second kappa shape index (κ2) is 11.0. The number of nitrogens with one attached hydrogen (secondary N) is 2. The summed E-state index contributed by atoms with van der Waals surface area (Å²) < 4.78 is 12.6. The van der Waals surface area contributed by atoms with Crippen LogP contribution in [0.1, 0.15) is 40.5 Å². The summed E-state index contributed by atoms with van der Waals surface area (Å²) in [6.07, 6.45) is 2.76. The zero-order chi connectivity index (χ0) is 24.3. The SMILES string of the molecule is CN[Si](C)(CCO[Si](C)(C)C)C1CCC([Si](C)(CCO[Si](C)(C)C)NC(C)(C)C)C1C. The quantitative estimate of drug-likeness (QED) is 0.293. The summed E-state index contributed by atoms with van der Waals surface area (Å²) >= 11 is 0. The zero-order valence-corrected chi connectivity index (χ0v) is 27.3. The van der Waals surface area contributed by atoms with Gasteiger partial charge in [0.2, 0.25) is 0 Å². The fraction of sp³-hybridized carbons (Fsp3) is 1.00. The molecule has 0 aromatic heterocycles. The Bertz CT molecular complexity index is 559. The van der Waals surface area contributed by atoms with E-state index in [0.717, 1.165) is 30.2 Å². The molecule has 0 spiro atoms. The van der Waals surface area contributed by atoms with Crippen LogP contribution in [0.15, 0.2) is 0 Å². The van der Waals surface area contributed by atoms with Crippen LogP contribution in [0.4, 0.5) is 0 Å². The lowest BCUT2D eigenvalue weighted by Gasteiger charge is -2.44. The van der Waals surface area contributed by atoms with Gasteiger partial charge in [0.05, 0.1) is 0 Å². The van der Waals surface area contributed by atoms with Crippen molar-refractivity contribution in [2.24, 2.45) is 5.92 Å². The van der Waals surface area contributed by atoms with Crippen molar-refractivity contribution in [2.45, 2.75) is 122 Å². The molecule has 0 radical (unpaired) electrons. The van der Waals surface area contributed by atoms with Gasteiger partial charge < -0.3 is 18.8 Å². The van der Waals surface area contributed by atoms with Crippen LogP contribution in [0.5, 0.6) is 0 Å². The van der Waals surface area contributed by atoms with Crippen LogP contribution in [-0.4, -0.2) is 58.9 Å². The van der Waals surface area contributed by atoms with Crippen molar-refractivity contribution in [2.75, 3.05) is 20.3 Å². The molecule has 4 nitrogen and oxygen atoms in total. The highest BCUT2D eigenvalue weighted by Crippen LogP contribution is 2.54. The molecule has 2 N–H and O–H groups in total. The number of rotatable bonds is 12. The summed E-state index contributed by atoms with van der Waals surface area (Å²) in [5, 5.41) is 0. The minimum atomic E-state index is -1.69. The van der Waals surface area contributed by atoms with Crippen molar-refractivity contribution in [1.82, 2.24) is 9.96 Å². The third-order valence-electron chi connectivity index (χ3n) is 7.24. The van der Waals surface area contributed by atoms with Gasteiger partial charge in [-0.05, 0) is 96.2 Å². The van der Waals surface area contributed by atoms with Crippen LogP contribution in [0, 0.1) is 5.92 Å². The predicted molar refractivity (Wildman–Crippen MR) is 149 cm³/mol. The predicted octanol–water partition coefficient (Wildman–Crippen LogP) is 6.62. The van der Waals surface area contributed by atoms with Crippen LogP contribution in [0.25, 0.3) is 0 Å². The maximum Gasteiger partial charge on any atom is 0.183 e.